The van der Waals surface area contributed by atoms with Crippen molar-refractivity contribution in [2.75, 3.05) is 13.2 Å². The van der Waals surface area contributed by atoms with Crippen LogP contribution in [0.4, 0.5) is 5.69 Å². The maximum atomic E-state index is 12.7. The van der Waals surface area contributed by atoms with Crippen molar-refractivity contribution in [1.29, 1.82) is 0 Å². The number of ether oxygens (including phenoxy) is 1. The topological polar surface area (TPSA) is 116 Å². The third kappa shape index (κ3) is 5.29. The van der Waals surface area contributed by atoms with Gasteiger partial charge in [-0.2, -0.15) is 0 Å². The highest BCUT2D eigenvalue weighted by Crippen LogP contribution is 2.30. The molecule has 0 bridgehead atoms. The Balaban J connectivity index is 1.56. The van der Waals surface area contributed by atoms with Crippen LogP contribution in [-0.4, -0.2) is 36.1 Å². The lowest BCUT2D eigenvalue weighted by Gasteiger charge is -2.26. The number of nitrogens with one attached hydrogen (secondary N) is 1. The minimum atomic E-state index is -3.81. The summed E-state index contributed by atoms with van der Waals surface area (Å²) in [6, 6.07) is 10.7. The molecule has 2 aromatic carbocycles. The summed E-state index contributed by atoms with van der Waals surface area (Å²) in [5.74, 6) is 1.55. The number of nitro groups is 1. The van der Waals surface area contributed by atoms with E-state index in [9.17, 15) is 18.5 Å². The average molecular weight is 487 g/mol. The van der Waals surface area contributed by atoms with E-state index in [1.165, 1.54) is 24.3 Å². The Kier molecular flexibility index (Phi) is 6.75. The van der Waals surface area contributed by atoms with Crippen LogP contribution in [-0.2, 0) is 33.3 Å². The molecule has 2 heterocycles. The fraction of sp³-hybridized carbons (Fsp3) is 0.458. The van der Waals surface area contributed by atoms with Gasteiger partial charge in [0.25, 0.3) is 5.69 Å². The summed E-state index contributed by atoms with van der Waals surface area (Å²) < 4.78 is 35.7. The summed E-state index contributed by atoms with van der Waals surface area (Å²) in [7, 11) is -3.81. The Hall–Kier alpha value is -2.82. The number of aromatic nitrogens is 2. The van der Waals surface area contributed by atoms with Gasteiger partial charge in [-0.05, 0) is 48.6 Å². The Morgan fingerprint density at radius 2 is 1.82 bits per heavy atom. The second-order valence-corrected chi connectivity index (χ2v) is 11.5. The Labute approximate surface area is 199 Å². The van der Waals surface area contributed by atoms with Crippen LogP contribution in [0.2, 0.25) is 0 Å². The number of hydrogen-bond acceptors (Lipinski definition) is 6. The lowest BCUT2D eigenvalue weighted by molar-refractivity contribution is -0.384. The SMILES string of the molecule is CC(C)(C)c1nc2cc(CNS(=O)(=O)c3ccc([N+](=O)[O-])cc3)ccc2n1CC1CCOCC1. The molecule has 182 valence electrons. The van der Waals surface area contributed by atoms with Crippen molar-refractivity contribution in [3.8, 4) is 0 Å². The fourth-order valence-corrected chi connectivity index (χ4v) is 5.26. The molecule has 1 aliphatic heterocycles. The second-order valence-electron chi connectivity index (χ2n) is 9.75. The summed E-state index contributed by atoms with van der Waals surface area (Å²) in [5, 5.41) is 10.8. The van der Waals surface area contributed by atoms with Crippen LogP contribution in [0.25, 0.3) is 11.0 Å². The van der Waals surface area contributed by atoms with Gasteiger partial charge in [0, 0.05) is 43.9 Å². The quantitative estimate of drug-likeness (QED) is 0.396. The highest BCUT2D eigenvalue weighted by Gasteiger charge is 2.25. The van der Waals surface area contributed by atoms with Crippen LogP contribution >= 0.6 is 0 Å². The summed E-state index contributed by atoms with van der Waals surface area (Å²) in [6.45, 7) is 9.00. The fourth-order valence-electron chi connectivity index (χ4n) is 4.24. The molecule has 1 N–H and O–H groups in total. The molecule has 3 aromatic rings. The molecule has 0 unspecified atom stereocenters. The van der Waals surface area contributed by atoms with E-state index in [0.717, 1.165) is 55.0 Å². The number of sulfonamides is 1. The molecular formula is C24H30N4O5S. The van der Waals surface area contributed by atoms with Crippen molar-refractivity contribution >= 4 is 26.7 Å². The number of imidazole rings is 1. The van der Waals surface area contributed by atoms with Gasteiger partial charge in [0.05, 0.1) is 20.9 Å². The largest absolute Gasteiger partial charge is 0.381 e. The average Bonchev–Trinajstić information content (AvgIpc) is 3.16. The molecule has 0 atom stereocenters. The first-order chi connectivity index (χ1) is 16.0. The molecule has 1 aromatic heterocycles. The van der Waals surface area contributed by atoms with Crippen LogP contribution < -0.4 is 4.72 Å². The molecule has 1 fully saturated rings. The number of hydrogen-bond donors (Lipinski definition) is 1. The summed E-state index contributed by atoms with van der Waals surface area (Å²) in [5.41, 5.74) is 2.37. The molecule has 1 saturated heterocycles. The van der Waals surface area contributed by atoms with Gasteiger partial charge < -0.3 is 9.30 Å². The van der Waals surface area contributed by atoms with E-state index in [-0.39, 0.29) is 22.5 Å². The highest BCUT2D eigenvalue weighted by molar-refractivity contribution is 7.89. The molecule has 0 saturated carbocycles. The number of benzene rings is 2. The minimum Gasteiger partial charge on any atom is -0.381 e. The predicted molar refractivity (Wildman–Crippen MR) is 129 cm³/mol. The number of fused-ring (bicyclic) bond motifs is 1. The number of nitrogens with zero attached hydrogens (tertiary/aromatic N) is 3. The zero-order valence-corrected chi connectivity index (χ0v) is 20.5. The Morgan fingerprint density at radius 3 is 2.44 bits per heavy atom. The molecule has 1 aliphatic rings. The van der Waals surface area contributed by atoms with Crippen LogP contribution in [0.3, 0.4) is 0 Å². The van der Waals surface area contributed by atoms with Crippen molar-refractivity contribution < 1.29 is 18.1 Å². The maximum absolute atomic E-state index is 12.7. The number of non-ortho nitro benzene ring substituents is 1. The van der Waals surface area contributed by atoms with Crippen LogP contribution in [0.1, 0.15) is 45.0 Å². The van der Waals surface area contributed by atoms with E-state index in [4.69, 9.17) is 9.72 Å². The predicted octanol–water partition coefficient (Wildman–Crippen LogP) is 4.15. The number of nitro benzene ring substituents is 1. The third-order valence-electron chi connectivity index (χ3n) is 6.09. The Bertz CT molecular complexity index is 1290. The molecule has 34 heavy (non-hydrogen) atoms. The van der Waals surface area contributed by atoms with Gasteiger partial charge in [0.1, 0.15) is 5.82 Å². The van der Waals surface area contributed by atoms with E-state index in [1.54, 1.807) is 0 Å². The zero-order valence-electron chi connectivity index (χ0n) is 19.7. The summed E-state index contributed by atoms with van der Waals surface area (Å²) in [6.07, 6.45) is 2.07. The van der Waals surface area contributed by atoms with Gasteiger partial charge in [-0.15, -0.1) is 0 Å². The van der Waals surface area contributed by atoms with E-state index in [1.807, 2.05) is 18.2 Å². The molecule has 4 rings (SSSR count). The van der Waals surface area contributed by atoms with E-state index in [2.05, 4.69) is 30.1 Å². The first kappa shape index (κ1) is 24.3. The van der Waals surface area contributed by atoms with Crippen molar-refractivity contribution in [2.24, 2.45) is 5.92 Å². The van der Waals surface area contributed by atoms with E-state index in [0.29, 0.717) is 5.92 Å². The van der Waals surface area contributed by atoms with Crippen molar-refractivity contribution in [3.05, 3.63) is 64.0 Å². The van der Waals surface area contributed by atoms with Crippen molar-refractivity contribution in [2.45, 2.75) is 57.0 Å². The summed E-state index contributed by atoms with van der Waals surface area (Å²) in [4.78, 5) is 15.2. The lowest BCUT2D eigenvalue weighted by Crippen LogP contribution is -2.25. The van der Waals surface area contributed by atoms with Gasteiger partial charge in [-0.1, -0.05) is 26.8 Å². The second kappa shape index (κ2) is 9.44. The van der Waals surface area contributed by atoms with Gasteiger partial charge in [-0.3, -0.25) is 10.1 Å². The highest BCUT2D eigenvalue weighted by atomic mass is 32.2. The number of rotatable bonds is 7. The van der Waals surface area contributed by atoms with Gasteiger partial charge in [-0.25, -0.2) is 18.1 Å². The first-order valence-corrected chi connectivity index (χ1v) is 12.8. The smallest absolute Gasteiger partial charge is 0.269 e. The molecule has 10 heteroatoms. The molecule has 0 spiro atoms. The molecule has 0 radical (unpaired) electrons. The Morgan fingerprint density at radius 1 is 1.15 bits per heavy atom. The standard InChI is InChI=1S/C24H30N4O5S/c1-24(2,3)23-26-21-14-18(4-9-22(21)27(23)16-17-10-12-33-13-11-17)15-25-34(31,32)20-7-5-19(6-8-20)28(29)30/h4-9,14,17,25H,10-13,15-16H2,1-3H3. The van der Waals surface area contributed by atoms with Crippen LogP contribution in [0.5, 0.6) is 0 Å². The van der Waals surface area contributed by atoms with Gasteiger partial charge >= 0.3 is 0 Å². The molecule has 0 aliphatic carbocycles. The van der Waals surface area contributed by atoms with Crippen LogP contribution in [0, 0.1) is 16.0 Å². The molecule has 9 nitrogen and oxygen atoms in total. The normalized spacial score (nSPS) is 15.6. The minimum absolute atomic E-state index is 0.0186. The van der Waals surface area contributed by atoms with E-state index >= 15 is 0 Å². The molecule has 0 amide bonds. The van der Waals surface area contributed by atoms with Crippen molar-refractivity contribution in [1.82, 2.24) is 14.3 Å². The zero-order chi connectivity index (χ0) is 24.5. The monoisotopic (exact) mass is 486 g/mol. The molecular weight excluding hydrogens is 456 g/mol. The van der Waals surface area contributed by atoms with Crippen molar-refractivity contribution in [3.63, 3.8) is 0 Å². The van der Waals surface area contributed by atoms with E-state index < -0.39 is 14.9 Å². The third-order valence-corrected chi connectivity index (χ3v) is 7.51. The van der Waals surface area contributed by atoms with Gasteiger partial charge in [0.15, 0.2) is 0 Å². The maximum Gasteiger partial charge on any atom is 0.269 e. The van der Waals surface area contributed by atoms with Crippen LogP contribution in [0.15, 0.2) is 47.4 Å². The summed E-state index contributed by atoms with van der Waals surface area (Å²) >= 11 is 0. The van der Waals surface area contributed by atoms with Gasteiger partial charge in [0.2, 0.25) is 10.0 Å². The lowest BCUT2D eigenvalue weighted by atomic mass is 9.94. The first-order valence-electron chi connectivity index (χ1n) is 11.4.